The van der Waals surface area contributed by atoms with Crippen molar-refractivity contribution in [2.75, 3.05) is 0 Å². The molecule has 162 valence electrons. The van der Waals surface area contributed by atoms with Gasteiger partial charge in [0.1, 0.15) is 17.2 Å². The van der Waals surface area contributed by atoms with Crippen molar-refractivity contribution in [3.8, 4) is 5.75 Å². The summed E-state index contributed by atoms with van der Waals surface area (Å²) >= 11 is 0. The Hall–Kier alpha value is -4.14. The second-order valence-corrected chi connectivity index (χ2v) is 6.89. The molecule has 1 aliphatic carbocycles. The lowest BCUT2D eigenvalue weighted by Gasteiger charge is -2.21. The standard InChI is InChI=1S/C23H14F3NO5/c1-12-6-11-17(31-12)22(30)27-19-18(13-7-9-14(10-8-13)32-23(24,25)26)20(28)15-4-2-3-5-16(15)21(19)29/h2-11H,1H3,(H,27,30). The topological polar surface area (TPSA) is 85.6 Å². The third kappa shape index (κ3) is 4.04. The first-order chi connectivity index (χ1) is 15.1. The van der Waals surface area contributed by atoms with E-state index < -0.39 is 29.6 Å². The van der Waals surface area contributed by atoms with Crippen molar-refractivity contribution in [3.05, 3.63) is 94.6 Å². The molecule has 1 aromatic heterocycles. The van der Waals surface area contributed by atoms with E-state index in [2.05, 4.69) is 10.1 Å². The van der Waals surface area contributed by atoms with Gasteiger partial charge in [-0.05, 0) is 36.8 Å². The Bertz CT molecular complexity index is 1270. The van der Waals surface area contributed by atoms with E-state index in [1.165, 1.54) is 30.3 Å². The summed E-state index contributed by atoms with van der Waals surface area (Å²) < 4.78 is 46.5. The van der Waals surface area contributed by atoms with E-state index in [1.54, 1.807) is 25.1 Å². The monoisotopic (exact) mass is 441 g/mol. The van der Waals surface area contributed by atoms with Gasteiger partial charge in [-0.2, -0.15) is 0 Å². The highest BCUT2D eigenvalue weighted by atomic mass is 19.4. The lowest BCUT2D eigenvalue weighted by atomic mass is 9.84. The van der Waals surface area contributed by atoms with Gasteiger partial charge in [-0.15, -0.1) is 13.2 Å². The Kier molecular flexibility index (Phi) is 5.17. The van der Waals surface area contributed by atoms with Crippen LogP contribution < -0.4 is 10.1 Å². The highest BCUT2D eigenvalue weighted by molar-refractivity contribution is 6.41. The Balaban J connectivity index is 1.79. The molecule has 0 spiro atoms. The number of carbonyl (C=O) groups excluding carboxylic acids is 3. The number of nitrogens with one attached hydrogen (secondary N) is 1. The first kappa shape index (κ1) is 21.1. The van der Waals surface area contributed by atoms with E-state index in [-0.39, 0.29) is 33.7 Å². The molecule has 0 fully saturated rings. The van der Waals surface area contributed by atoms with Crippen molar-refractivity contribution < 1.29 is 36.7 Å². The highest BCUT2D eigenvalue weighted by Gasteiger charge is 2.35. The van der Waals surface area contributed by atoms with Gasteiger partial charge in [0.2, 0.25) is 5.78 Å². The zero-order valence-corrected chi connectivity index (χ0v) is 16.4. The molecule has 4 rings (SSSR count). The third-order valence-electron chi connectivity index (χ3n) is 4.70. The molecule has 1 amide bonds. The fraction of sp³-hybridized carbons (Fsp3) is 0.0870. The van der Waals surface area contributed by atoms with Crippen LogP contribution in [-0.2, 0) is 0 Å². The number of hydrogen-bond donors (Lipinski definition) is 1. The number of hydrogen-bond acceptors (Lipinski definition) is 5. The van der Waals surface area contributed by atoms with Crippen LogP contribution in [0.4, 0.5) is 13.2 Å². The molecule has 0 radical (unpaired) electrons. The number of halogens is 3. The summed E-state index contributed by atoms with van der Waals surface area (Å²) in [7, 11) is 0. The van der Waals surface area contributed by atoms with E-state index in [0.717, 1.165) is 12.1 Å². The zero-order chi connectivity index (χ0) is 23.0. The lowest BCUT2D eigenvalue weighted by molar-refractivity contribution is -0.274. The van der Waals surface area contributed by atoms with Crippen molar-refractivity contribution in [2.45, 2.75) is 13.3 Å². The molecule has 32 heavy (non-hydrogen) atoms. The predicted octanol–water partition coefficient (Wildman–Crippen LogP) is 4.71. The van der Waals surface area contributed by atoms with Crippen molar-refractivity contribution in [3.63, 3.8) is 0 Å². The van der Waals surface area contributed by atoms with Gasteiger partial charge in [-0.3, -0.25) is 14.4 Å². The summed E-state index contributed by atoms with van der Waals surface area (Å²) in [5, 5.41) is 2.44. The molecule has 0 atom stereocenters. The molecule has 0 saturated carbocycles. The molecule has 0 unspecified atom stereocenters. The van der Waals surface area contributed by atoms with Crippen molar-refractivity contribution in [2.24, 2.45) is 0 Å². The van der Waals surface area contributed by atoms with Crippen LogP contribution in [0.5, 0.6) is 5.75 Å². The molecule has 0 aliphatic heterocycles. The van der Waals surface area contributed by atoms with Gasteiger partial charge in [0.25, 0.3) is 5.91 Å². The van der Waals surface area contributed by atoms with Gasteiger partial charge < -0.3 is 14.5 Å². The number of ketones is 2. The van der Waals surface area contributed by atoms with Crippen LogP contribution in [0.15, 0.2) is 70.8 Å². The van der Waals surface area contributed by atoms with E-state index >= 15 is 0 Å². The zero-order valence-electron chi connectivity index (χ0n) is 16.4. The fourth-order valence-corrected chi connectivity index (χ4v) is 3.33. The number of aryl methyl sites for hydroxylation is 1. The van der Waals surface area contributed by atoms with Crippen molar-refractivity contribution in [1.29, 1.82) is 0 Å². The van der Waals surface area contributed by atoms with Crippen molar-refractivity contribution >= 4 is 23.0 Å². The minimum atomic E-state index is -4.88. The number of amides is 1. The molecule has 0 bridgehead atoms. The van der Waals surface area contributed by atoms with Crippen LogP contribution in [0.3, 0.4) is 0 Å². The number of alkyl halides is 3. The van der Waals surface area contributed by atoms with Gasteiger partial charge in [-0.25, -0.2) is 0 Å². The smallest absolute Gasteiger partial charge is 0.456 e. The number of furan rings is 1. The summed E-state index contributed by atoms with van der Waals surface area (Å²) in [4.78, 5) is 39.0. The van der Waals surface area contributed by atoms with Crippen LogP contribution in [0, 0.1) is 6.92 Å². The van der Waals surface area contributed by atoms with E-state index in [4.69, 9.17) is 4.42 Å². The summed E-state index contributed by atoms with van der Waals surface area (Å²) in [6.07, 6.45) is -4.88. The molecule has 6 nitrogen and oxygen atoms in total. The maximum absolute atomic E-state index is 13.2. The first-order valence-corrected chi connectivity index (χ1v) is 9.31. The predicted molar refractivity (Wildman–Crippen MR) is 106 cm³/mol. The van der Waals surface area contributed by atoms with Crippen molar-refractivity contribution in [1.82, 2.24) is 5.32 Å². The lowest BCUT2D eigenvalue weighted by Crippen LogP contribution is -2.33. The SMILES string of the molecule is Cc1ccc(C(=O)NC2=C(c3ccc(OC(F)(F)F)cc3)C(=O)c3ccccc3C2=O)o1. The van der Waals surface area contributed by atoms with Gasteiger partial charge in [0.15, 0.2) is 11.5 Å². The summed E-state index contributed by atoms with van der Waals surface area (Å²) in [6, 6.07) is 13.5. The second kappa shape index (κ2) is 7.84. The van der Waals surface area contributed by atoms with Crippen LogP contribution in [0.2, 0.25) is 0 Å². The Morgan fingerprint density at radius 2 is 1.53 bits per heavy atom. The number of benzene rings is 2. The van der Waals surface area contributed by atoms with E-state index in [0.29, 0.717) is 5.76 Å². The molecule has 2 aromatic carbocycles. The molecular weight excluding hydrogens is 427 g/mol. The maximum atomic E-state index is 13.2. The van der Waals surface area contributed by atoms with Crippen LogP contribution in [0.1, 0.15) is 42.6 Å². The average Bonchev–Trinajstić information content (AvgIpc) is 3.18. The molecule has 0 saturated heterocycles. The number of Topliss-reactive ketones (excluding diaryl/α,β-unsaturated/α-hetero) is 2. The van der Waals surface area contributed by atoms with Crippen LogP contribution >= 0.6 is 0 Å². The largest absolute Gasteiger partial charge is 0.573 e. The molecule has 1 N–H and O–H groups in total. The average molecular weight is 441 g/mol. The normalized spacial score (nSPS) is 13.8. The quantitative estimate of drug-likeness (QED) is 0.634. The van der Waals surface area contributed by atoms with Gasteiger partial charge in [-0.1, -0.05) is 36.4 Å². The summed E-state index contributed by atoms with van der Waals surface area (Å²) in [6.45, 7) is 1.64. The fourth-order valence-electron chi connectivity index (χ4n) is 3.33. The number of ether oxygens (including phenoxy) is 1. The van der Waals surface area contributed by atoms with Crippen LogP contribution in [-0.4, -0.2) is 23.8 Å². The van der Waals surface area contributed by atoms with E-state index in [9.17, 15) is 27.6 Å². The second-order valence-electron chi connectivity index (χ2n) is 6.89. The first-order valence-electron chi connectivity index (χ1n) is 9.31. The summed E-state index contributed by atoms with van der Waals surface area (Å²) in [5.74, 6) is -2.00. The van der Waals surface area contributed by atoms with Crippen LogP contribution in [0.25, 0.3) is 5.57 Å². The Morgan fingerprint density at radius 3 is 2.09 bits per heavy atom. The number of fused-ring (bicyclic) bond motifs is 1. The van der Waals surface area contributed by atoms with Gasteiger partial charge in [0, 0.05) is 11.1 Å². The minimum Gasteiger partial charge on any atom is -0.456 e. The molecule has 1 heterocycles. The number of carbonyl (C=O) groups is 3. The van der Waals surface area contributed by atoms with Gasteiger partial charge in [0.05, 0.1) is 5.57 Å². The molecule has 3 aromatic rings. The highest BCUT2D eigenvalue weighted by Crippen LogP contribution is 2.33. The minimum absolute atomic E-state index is 0.0672. The molecular formula is C23H14F3NO5. The Morgan fingerprint density at radius 1 is 0.906 bits per heavy atom. The summed E-state index contributed by atoms with van der Waals surface area (Å²) in [5.41, 5.74) is -0.0846. The molecule has 1 aliphatic rings. The maximum Gasteiger partial charge on any atom is 0.573 e. The Labute approximate surface area is 179 Å². The number of allylic oxidation sites excluding steroid dienone is 2. The molecule has 9 heteroatoms. The number of rotatable bonds is 4. The van der Waals surface area contributed by atoms with E-state index in [1.807, 2.05) is 0 Å². The van der Waals surface area contributed by atoms with Gasteiger partial charge >= 0.3 is 6.36 Å². The third-order valence-corrected chi connectivity index (χ3v) is 4.70.